The lowest BCUT2D eigenvalue weighted by Crippen LogP contribution is -2.61. The molecule has 1 aliphatic heterocycles. The van der Waals surface area contributed by atoms with Crippen molar-refractivity contribution in [2.24, 2.45) is 0 Å². The lowest BCUT2D eigenvalue weighted by molar-refractivity contribution is -0.133. The van der Waals surface area contributed by atoms with E-state index >= 15 is 0 Å². The van der Waals surface area contributed by atoms with Crippen LogP contribution in [-0.2, 0) is 16.1 Å². The molecule has 1 aromatic carbocycles. The number of fused-ring (bicyclic) bond motifs is 1. The lowest BCUT2D eigenvalue weighted by atomic mass is 10.1. The Morgan fingerprint density at radius 2 is 2.00 bits per heavy atom. The van der Waals surface area contributed by atoms with E-state index in [0.29, 0.717) is 23.8 Å². The van der Waals surface area contributed by atoms with E-state index in [2.05, 4.69) is 21.9 Å². The van der Waals surface area contributed by atoms with Gasteiger partial charge in [0.05, 0.1) is 6.04 Å². The molecule has 0 spiro atoms. The van der Waals surface area contributed by atoms with Crippen LogP contribution >= 0.6 is 23.2 Å². The first-order chi connectivity index (χ1) is 14.4. The van der Waals surface area contributed by atoms with E-state index in [-0.39, 0.29) is 29.6 Å². The maximum absolute atomic E-state index is 12.7. The van der Waals surface area contributed by atoms with Crippen LogP contribution in [0.4, 0.5) is 0 Å². The third-order valence-electron chi connectivity index (χ3n) is 5.21. The zero-order chi connectivity index (χ0) is 21.4. The van der Waals surface area contributed by atoms with Gasteiger partial charge >= 0.3 is 0 Å². The second kappa shape index (κ2) is 8.08. The number of amides is 2. The molecule has 30 heavy (non-hydrogen) atoms. The molecule has 2 aromatic heterocycles. The number of carbonyl (C=O) groups is 2. The second-order valence-electron chi connectivity index (χ2n) is 7.12. The van der Waals surface area contributed by atoms with Gasteiger partial charge in [0.25, 0.3) is 0 Å². The first kappa shape index (κ1) is 20.4. The van der Waals surface area contributed by atoms with E-state index in [9.17, 15) is 9.59 Å². The molecule has 1 saturated heterocycles. The summed E-state index contributed by atoms with van der Waals surface area (Å²) in [5.74, 6) is -0.271. The molecule has 154 valence electrons. The maximum Gasteiger partial charge on any atom is 0.246 e. The van der Waals surface area contributed by atoms with Crippen molar-refractivity contribution < 1.29 is 9.59 Å². The van der Waals surface area contributed by atoms with Crippen LogP contribution in [0.1, 0.15) is 5.69 Å². The molecule has 4 rings (SSSR count). The molecule has 3 aromatic rings. The monoisotopic (exact) mass is 443 g/mol. The Balaban J connectivity index is 1.63. The molecule has 0 bridgehead atoms. The summed E-state index contributed by atoms with van der Waals surface area (Å²) < 4.78 is 1.91. The van der Waals surface area contributed by atoms with Gasteiger partial charge in [-0.2, -0.15) is 0 Å². The molecule has 0 radical (unpaired) electrons. The second-order valence-corrected chi connectivity index (χ2v) is 7.91. The number of nitrogens with one attached hydrogen (secondary N) is 1. The molecule has 0 unspecified atom stereocenters. The SMILES string of the molecule is C=CC(=O)N1CC(NC(=O)Cn2c(C)c(-c3nccnc3Cl)c3cc(Cl)ccc32)C1. The Morgan fingerprint density at radius 3 is 2.70 bits per heavy atom. The van der Waals surface area contributed by atoms with Crippen LogP contribution in [0, 0.1) is 6.92 Å². The highest BCUT2D eigenvalue weighted by atomic mass is 35.5. The normalized spacial score (nSPS) is 13.9. The summed E-state index contributed by atoms with van der Waals surface area (Å²) in [7, 11) is 0. The van der Waals surface area contributed by atoms with Crippen LogP contribution in [0.3, 0.4) is 0 Å². The minimum absolute atomic E-state index is 0.0631. The molecule has 1 N–H and O–H groups in total. The van der Waals surface area contributed by atoms with E-state index in [1.165, 1.54) is 12.3 Å². The Labute approximate surface area is 183 Å². The standard InChI is InChI=1S/C21H19Cl2N5O2/c1-3-18(30)27-9-14(10-27)26-17(29)11-28-12(2)19(20-21(23)25-7-6-24-20)15-8-13(22)4-5-16(15)28/h3-8,14H,1,9-11H2,2H3,(H,26,29). The topological polar surface area (TPSA) is 80.1 Å². The van der Waals surface area contributed by atoms with Gasteiger partial charge in [0.1, 0.15) is 12.2 Å². The fourth-order valence-corrected chi connectivity index (χ4v) is 4.11. The highest BCUT2D eigenvalue weighted by molar-refractivity contribution is 6.33. The van der Waals surface area contributed by atoms with Crippen LogP contribution in [0.15, 0.2) is 43.2 Å². The summed E-state index contributed by atoms with van der Waals surface area (Å²) in [5, 5.41) is 4.68. The van der Waals surface area contributed by atoms with Gasteiger partial charge in [-0.15, -0.1) is 0 Å². The van der Waals surface area contributed by atoms with Gasteiger partial charge in [-0.3, -0.25) is 14.6 Å². The summed E-state index contributed by atoms with van der Waals surface area (Å²) in [6, 6.07) is 5.43. The van der Waals surface area contributed by atoms with Crippen LogP contribution in [-0.4, -0.2) is 50.4 Å². The van der Waals surface area contributed by atoms with Gasteiger partial charge in [0.15, 0.2) is 5.15 Å². The third-order valence-corrected chi connectivity index (χ3v) is 5.72. The Hall–Kier alpha value is -2.90. The molecular weight excluding hydrogens is 425 g/mol. The number of halogens is 2. The van der Waals surface area contributed by atoms with Crippen LogP contribution < -0.4 is 5.32 Å². The van der Waals surface area contributed by atoms with Crippen molar-refractivity contribution in [3.8, 4) is 11.3 Å². The molecule has 0 saturated carbocycles. The Kier molecular flexibility index (Phi) is 5.49. The van der Waals surface area contributed by atoms with E-state index < -0.39 is 0 Å². The quantitative estimate of drug-likeness (QED) is 0.613. The van der Waals surface area contributed by atoms with Crippen LogP contribution in [0.2, 0.25) is 10.2 Å². The van der Waals surface area contributed by atoms with E-state index in [1.54, 1.807) is 17.2 Å². The summed E-state index contributed by atoms with van der Waals surface area (Å²) in [5.41, 5.74) is 3.02. The zero-order valence-electron chi connectivity index (χ0n) is 16.2. The van der Waals surface area contributed by atoms with Gasteiger partial charge in [0.2, 0.25) is 11.8 Å². The number of carbonyl (C=O) groups excluding carboxylic acids is 2. The van der Waals surface area contributed by atoms with E-state index in [4.69, 9.17) is 23.2 Å². The predicted octanol–water partition coefficient (Wildman–Crippen LogP) is 3.23. The van der Waals surface area contributed by atoms with Crippen molar-refractivity contribution in [2.75, 3.05) is 13.1 Å². The fraction of sp³-hybridized carbons (Fsp3) is 0.238. The molecule has 1 fully saturated rings. The fourth-order valence-electron chi connectivity index (χ4n) is 3.74. The van der Waals surface area contributed by atoms with Crippen LogP contribution in [0.5, 0.6) is 0 Å². The maximum atomic E-state index is 12.7. The van der Waals surface area contributed by atoms with Gasteiger partial charge in [-0.1, -0.05) is 29.8 Å². The first-order valence-electron chi connectivity index (χ1n) is 9.35. The van der Waals surface area contributed by atoms with Crippen molar-refractivity contribution in [3.63, 3.8) is 0 Å². The Morgan fingerprint density at radius 1 is 1.27 bits per heavy atom. The molecule has 3 heterocycles. The summed E-state index contributed by atoms with van der Waals surface area (Å²) in [6.07, 6.45) is 4.38. The average molecular weight is 444 g/mol. The number of likely N-dealkylation sites (tertiary alicyclic amines) is 1. The molecule has 7 nitrogen and oxygen atoms in total. The van der Waals surface area contributed by atoms with Gasteiger partial charge in [-0.05, 0) is 31.2 Å². The Bertz CT molecular complexity index is 1170. The predicted molar refractivity (Wildman–Crippen MR) is 116 cm³/mol. The number of benzene rings is 1. The lowest BCUT2D eigenvalue weighted by Gasteiger charge is -2.38. The van der Waals surface area contributed by atoms with Crippen molar-refractivity contribution in [1.82, 2.24) is 24.8 Å². The molecular formula is C21H19Cl2N5O2. The van der Waals surface area contributed by atoms with Gasteiger partial charge in [0, 0.05) is 52.7 Å². The highest BCUT2D eigenvalue weighted by Gasteiger charge is 2.30. The number of aromatic nitrogens is 3. The van der Waals surface area contributed by atoms with Crippen molar-refractivity contribution in [2.45, 2.75) is 19.5 Å². The van der Waals surface area contributed by atoms with Gasteiger partial charge in [-0.25, -0.2) is 4.98 Å². The van der Waals surface area contributed by atoms with E-state index in [1.807, 2.05) is 23.6 Å². The number of rotatable bonds is 5. The minimum Gasteiger partial charge on any atom is -0.348 e. The molecule has 0 aliphatic carbocycles. The summed E-state index contributed by atoms with van der Waals surface area (Å²) in [4.78, 5) is 34.4. The molecule has 1 aliphatic rings. The molecule has 0 atom stereocenters. The zero-order valence-corrected chi connectivity index (χ0v) is 17.7. The highest BCUT2D eigenvalue weighted by Crippen LogP contribution is 2.37. The number of nitrogens with zero attached hydrogens (tertiary/aromatic N) is 4. The molecule has 9 heteroatoms. The minimum atomic E-state index is -0.141. The van der Waals surface area contributed by atoms with Crippen molar-refractivity contribution in [1.29, 1.82) is 0 Å². The smallest absolute Gasteiger partial charge is 0.246 e. The first-order valence-corrected chi connectivity index (χ1v) is 10.1. The van der Waals surface area contributed by atoms with Crippen molar-refractivity contribution in [3.05, 3.63) is 59.1 Å². The van der Waals surface area contributed by atoms with Gasteiger partial charge < -0.3 is 14.8 Å². The van der Waals surface area contributed by atoms with E-state index in [0.717, 1.165) is 22.2 Å². The third kappa shape index (κ3) is 3.66. The van der Waals surface area contributed by atoms with Crippen molar-refractivity contribution >= 4 is 45.9 Å². The summed E-state index contributed by atoms with van der Waals surface area (Å²) >= 11 is 12.5. The number of hydrogen-bond acceptors (Lipinski definition) is 4. The summed E-state index contributed by atoms with van der Waals surface area (Å²) in [6.45, 7) is 6.47. The largest absolute Gasteiger partial charge is 0.348 e. The number of hydrogen-bond donors (Lipinski definition) is 1. The van der Waals surface area contributed by atoms with Crippen LogP contribution in [0.25, 0.3) is 22.2 Å². The molecule has 2 amide bonds. The average Bonchev–Trinajstić information content (AvgIpc) is 2.95.